The van der Waals surface area contributed by atoms with Crippen molar-refractivity contribution in [1.82, 2.24) is 0 Å². The van der Waals surface area contributed by atoms with Gasteiger partial charge >= 0.3 is 5.97 Å². The van der Waals surface area contributed by atoms with E-state index >= 15 is 0 Å². The van der Waals surface area contributed by atoms with E-state index in [1.807, 2.05) is 0 Å². The number of rotatable bonds is 4. The molecule has 38 heavy (non-hydrogen) atoms. The largest absolute Gasteiger partial charge is 0.458 e. The summed E-state index contributed by atoms with van der Waals surface area (Å²) in [6.07, 6.45) is 3.35. The maximum Gasteiger partial charge on any atom is 0.331 e. The van der Waals surface area contributed by atoms with E-state index in [0.29, 0.717) is 19.4 Å². The van der Waals surface area contributed by atoms with Gasteiger partial charge in [0, 0.05) is 18.1 Å². The zero-order chi connectivity index (χ0) is 27.0. The van der Waals surface area contributed by atoms with Gasteiger partial charge in [0.15, 0.2) is 6.29 Å². The van der Waals surface area contributed by atoms with E-state index < -0.39 is 36.3 Å². The molecule has 6 rings (SSSR count). The van der Waals surface area contributed by atoms with Crippen LogP contribution in [0.5, 0.6) is 0 Å². The Balaban J connectivity index is 1.19. The summed E-state index contributed by atoms with van der Waals surface area (Å²) in [7, 11) is 0. The van der Waals surface area contributed by atoms with Crippen LogP contribution in [-0.2, 0) is 19.0 Å². The molecule has 214 valence electrons. The van der Waals surface area contributed by atoms with Crippen molar-refractivity contribution in [1.29, 1.82) is 0 Å². The van der Waals surface area contributed by atoms with Gasteiger partial charge in [0.1, 0.15) is 24.9 Å². The number of fused-ring (bicyclic) bond motifs is 5. The Kier molecular flexibility index (Phi) is 6.78. The lowest BCUT2D eigenvalue weighted by atomic mass is 9.43. The Morgan fingerprint density at radius 1 is 1.00 bits per heavy atom. The maximum absolute atomic E-state index is 12.4. The van der Waals surface area contributed by atoms with Crippen LogP contribution in [0.15, 0.2) is 11.6 Å². The van der Waals surface area contributed by atoms with Gasteiger partial charge < -0.3 is 39.7 Å². The first-order chi connectivity index (χ1) is 18.0. The van der Waals surface area contributed by atoms with Crippen LogP contribution in [0.3, 0.4) is 0 Å². The third-order valence-electron chi connectivity index (χ3n) is 12.1. The summed E-state index contributed by atoms with van der Waals surface area (Å²) in [5.41, 5.74) is -0.401. The average Bonchev–Trinajstić information content (AvgIpc) is 3.45. The van der Waals surface area contributed by atoms with Crippen molar-refractivity contribution < 1.29 is 44.5 Å². The fraction of sp³-hybridized carbons (Fsp3) is 0.897. The lowest BCUT2D eigenvalue weighted by Crippen LogP contribution is -2.64. The number of cyclic esters (lactones) is 1. The molecule has 4 unspecified atom stereocenters. The molecule has 0 radical (unpaired) electrons. The highest BCUT2D eigenvalue weighted by Crippen LogP contribution is 2.70. The molecule has 0 bridgehead atoms. The van der Waals surface area contributed by atoms with Gasteiger partial charge in [0.05, 0.1) is 17.8 Å². The standard InChI is InChI=1S/C29H44O9/c1-15-23(32)24(33)25(34)26(37-15)38-18-5-9-28(14-30)17(12-18)3-4-21-20(28)6-8-27(2)19(7-10-29(21,27)35)16-11-22(31)36-13-16/h11,15,17-21,23-26,30,32-35H,3-10,12-14H2,1-2H3/t15-,17?,18?,19+,20?,21?,23-,24+,25+,26-,27+,28+,29-/m0/s1. The lowest BCUT2D eigenvalue weighted by molar-refractivity contribution is -0.311. The number of hydrogen-bond acceptors (Lipinski definition) is 9. The molecule has 4 aliphatic carbocycles. The number of carbonyl (C=O) groups is 1. The molecule has 2 heterocycles. The average molecular weight is 537 g/mol. The molecule has 6 aliphatic rings. The molecule has 5 N–H and O–H groups in total. The minimum atomic E-state index is -1.32. The van der Waals surface area contributed by atoms with Crippen LogP contribution >= 0.6 is 0 Å². The molecule has 2 aliphatic heterocycles. The highest BCUT2D eigenvalue weighted by Gasteiger charge is 2.68. The van der Waals surface area contributed by atoms with Crippen molar-refractivity contribution in [3.8, 4) is 0 Å². The molecule has 9 nitrogen and oxygen atoms in total. The molecule has 0 spiro atoms. The summed E-state index contributed by atoms with van der Waals surface area (Å²) in [5, 5.41) is 53.9. The summed E-state index contributed by atoms with van der Waals surface area (Å²) >= 11 is 0. The van der Waals surface area contributed by atoms with Gasteiger partial charge in [0.2, 0.25) is 0 Å². The van der Waals surface area contributed by atoms with Crippen molar-refractivity contribution in [2.24, 2.45) is 34.5 Å². The Labute approximate surface area is 224 Å². The minimum absolute atomic E-state index is 0.0831. The third-order valence-corrected chi connectivity index (χ3v) is 12.1. The molecule has 9 heteroatoms. The molecule has 1 saturated heterocycles. The zero-order valence-electron chi connectivity index (χ0n) is 22.5. The Hall–Kier alpha value is -1.07. The highest BCUT2D eigenvalue weighted by molar-refractivity contribution is 5.85. The number of ether oxygens (including phenoxy) is 3. The van der Waals surface area contributed by atoms with Crippen LogP contribution < -0.4 is 0 Å². The van der Waals surface area contributed by atoms with E-state index in [1.54, 1.807) is 13.0 Å². The number of hydrogen-bond donors (Lipinski definition) is 5. The predicted octanol–water partition coefficient (Wildman–Crippen LogP) is 1.43. The first-order valence-electron chi connectivity index (χ1n) is 14.6. The normalized spacial score (nSPS) is 54.5. The van der Waals surface area contributed by atoms with Crippen molar-refractivity contribution >= 4 is 5.97 Å². The van der Waals surface area contributed by atoms with Crippen molar-refractivity contribution in [3.05, 3.63) is 11.6 Å². The molecule has 4 saturated carbocycles. The van der Waals surface area contributed by atoms with E-state index in [9.17, 15) is 30.3 Å². The van der Waals surface area contributed by atoms with Gasteiger partial charge in [-0.1, -0.05) is 6.92 Å². The second-order valence-corrected chi connectivity index (χ2v) is 13.4. The van der Waals surface area contributed by atoms with Crippen LogP contribution in [0.1, 0.15) is 71.6 Å². The molecule has 0 amide bonds. The van der Waals surface area contributed by atoms with Crippen molar-refractivity contribution in [2.75, 3.05) is 13.2 Å². The topological polar surface area (TPSA) is 146 Å². The minimum Gasteiger partial charge on any atom is -0.458 e. The van der Waals surface area contributed by atoms with E-state index in [0.717, 1.165) is 50.5 Å². The summed E-state index contributed by atoms with van der Waals surface area (Å²) in [6.45, 7) is 4.27. The van der Waals surface area contributed by atoms with Crippen LogP contribution in [0.25, 0.3) is 0 Å². The third kappa shape index (κ3) is 3.80. The first-order valence-corrected chi connectivity index (χ1v) is 14.6. The summed E-state index contributed by atoms with van der Waals surface area (Å²) in [4.78, 5) is 11.8. The van der Waals surface area contributed by atoms with Crippen LogP contribution in [-0.4, -0.2) is 87.1 Å². The van der Waals surface area contributed by atoms with Crippen molar-refractivity contribution in [3.63, 3.8) is 0 Å². The van der Waals surface area contributed by atoms with E-state index in [-0.39, 0.29) is 53.2 Å². The fourth-order valence-corrected chi connectivity index (χ4v) is 9.91. The molecule has 5 fully saturated rings. The fourth-order valence-electron chi connectivity index (χ4n) is 9.91. The predicted molar refractivity (Wildman–Crippen MR) is 134 cm³/mol. The molecule has 13 atom stereocenters. The van der Waals surface area contributed by atoms with Crippen LogP contribution in [0.2, 0.25) is 0 Å². The molecular weight excluding hydrogens is 492 g/mol. The molecule has 0 aromatic heterocycles. The van der Waals surface area contributed by atoms with E-state index in [2.05, 4.69) is 6.92 Å². The monoisotopic (exact) mass is 536 g/mol. The highest BCUT2D eigenvalue weighted by atomic mass is 16.7. The Bertz CT molecular complexity index is 970. The van der Waals surface area contributed by atoms with Gasteiger partial charge in [-0.15, -0.1) is 0 Å². The number of aliphatic hydroxyl groups excluding tert-OH is 4. The van der Waals surface area contributed by atoms with Gasteiger partial charge in [0.25, 0.3) is 0 Å². The summed E-state index contributed by atoms with van der Waals surface area (Å²) in [5.74, 6) is 0.414. The smallest absolute Gasteiger partial charge is 0.331 e. The number of carbonyl (C=O) groups excluding carboxylic acids is 1. The van der Waals surface area contributed by atoms with Crippen LogP contribution in [0, 0.1) is 34.5 Å². The van der Waals surface area contributed by atoms with Gasteiger partial charge in [-0.3, -0.25) is 0 Å². The molecule has 0 aromatic rings. The second kappa shape index (κ2) is 9.50. The quantitative estimate of drug-likeness (QED) is 0.266. The van der Waals surface area contributed by atoms with Gasteiger partial charge in [-0.25, -0.2) is 4.79 Å². The van der Waals surface area contributed by atoms with E-state index in [4.69, 9.17) is 14.2 Å². The SMILES string of the molecule is C[C@@H]1O[C@@H](OC2CC[C@@]3(CO)C(CCC4C3CC[C@]3(C)[C@@H](C5=CC(=O)OC5)CC[C@]43O)C2)[C@H](O)[C@H](O)[C@H]1O. The summed E-state index contributed by atoms with van der Waals surface area (Å²) in [6, 6.07) is 0. The number of esters is 1. The molecule has 0 aromatic carbocycles. The Morgan fingerprint density at radius 2 is 1.79 bits per heavy atom. The lowest BCUT2D eigenvalue weighted by Gasteiger charge is -2.64. The zero-order valence-corrected chi connectivity index (χ0v) is 22.5. The van der Waals surface area contributed by atoms with Gasteiger partial charge in [-0.2, -0.15) is 0 Å². The summed E-state index contributed by atoms with van der Waals surface area (Å²) < 4.78 is 17.1. The van der Waals surface area contributed by atoms with Gasteiger partial charge in [-0.05, 0) is 99.4 Å². The van der Waals surface area contributed by atoms with Crippen LogP contribution in [0.4, 0.5) is 0 Å². The van der Waals surface area contributed by atoms with Crippen molar-refractivity contribution in [2.45, 2.75) is 114 Å². The molecular formula is C29H44O9. The first kappa shape index (κ1) is 27.1. The Morgan fingerprint density at radius 3 is 2.50 bits per heavy atom. The second-order valence-electron chi connectivity index (χ2n) is 13.4. The number of aliphatic hydroxyl groups is 5. The maximum atomic E-state index is 12.4. The van der Waals surface area contributed by atoms with E-state index in [1.165, 1.54) is 0 Å².